The number of carbonyl (C=O) groups is 2. The van der Waals surface area contributed by atoms with Crippen molar-refractivity contribution >= 4 is 23.5 Å². The Labute approximate surface area is 134 Å². The van der Waals surface area contributed by atoms with Gasteiger partial charge in [-0.05, 0) is 23.6 Å². The third-order valence-corrected chi connectivity index (χ3v) is 4.47. The summed E-state index contributed by atoms with van der Waals surface area (Å²) in [4.78, 5) is 25.0. The van der Waals surface area contributed by atoms with Crippen LogP contribution in [0.15, 0.2) is 18.2 Å². The van der Waals surface area contributed by atoms with E-state index in [4.69, 9.17) is 16.7 Å². The fourth-order valence-corrected chi connectivity index (χ4v) is 3.00. The third kappa shape index (κ3) is 3.25. The van der Waals surface area contributed by atoms with Crippen molar-refractivity contribution < 1.29 is 19.8 Å². The number of amides is 1. The molecule has 2 rings (SSSR count). The van der Waals surface area contributed by atoms with E-state index in [9.17, 15) is 14.7 Å². The molecule has 120 valence electrons. The minimum Gasteiger partial charge on any atom is -0.479 e. The standard InChI is InChI=1S/C16H20ClNO4/c1-10(2)12-4-3-11(9-13(12)17)14(19)18-7-5-16(22,6-8-18)15(20)21/h3-4,9-10,22H,5-8H2,1-2H3,(H,20,21). The largest absolute Gasteiger partial charge is 0.479 e. The first-order chi connectivity index (χ1) is 10.2. The fourth-order valence-electron chi connectivity index (χ4n) is 2.60. The summed E-state index contributed by atoms with van der Waals surface area (Å²) in [6.07, 6.45) is 0.0672. The van der Waals surface area contributed by atoms with Gasteiger partial charge in [0, 0.05) is 36.5 Å². The molecule has 1 aliphatic heterocycles. The Morgan fingerprint density at radius 3 is 2.32 bits per heavy atom. The van der Waals surface area contributed by atoms with Gasteiger partial charge in [-0.2, -0.15) is 0 Å². The second-order valence-electron chi connectivity index (χ2n) is 6.02. The van der Waals surface area contributed by atoms with Gasteiger partial charge >= 0.3 is 5.97 Å². The molecular formula is C16H20ClNO4. The summed E-state index contributed by atoms with van der Waals surface area (Å²) in [5.41, 5.74) is -0.261. The van der Waals surface area contributed by atoms with E-state index in [0.717, 1.165) is 5.56 Å². The molecule has 1 aromatic rings. The number of piperidine rings is 1. The number of aliphatic carboxylic acids is 1. The molecule has 22 heavy (non-hydrogen) atoms. The minimum absolute atomic E-state index is 0.0336. The van der Waals surface area contributed by atoms with Crippen molar-refractivity contribution in [2.75, 3.05) is 13.1 Å². The van der Waals surface area contributed by atoms with Gasteiger partial charge in [0.05, 0.1) is 0 Å². The predicted octanol–water partition coefficient (Wildman–Crippen LogP) is 2.52. The first kappa shape index (κ1) is 16.8. The molecule has 1 aromatic carbocycles. The minimum atomic E-state index is -1.73. The number of likely N-dealkylation sites (tertiary alicyclic amines) is 1. The van der Waals surface area contributed by atoms with E-state index in [1.54, 1.807) is 17.0 Å². The Morgan fingerprint density at radius 1 is 1.27 bits per heavy atom. The highest BCUT2D eigenvalue weighted by Gasteiger charge is 2.40. The molecule has 6 heteroatoms. The summed E-state index contributed by atoms with van der Waals surface area (Å²) in [6.45, 7) is 4.48. The first-order valence-electron chi connectivity index (χ1n) is 7.29. The van der Waals surface area contributed by atoms with E-state index in [-0.39, 0.29) is 37.8 Å². The summed E-state index contributed by atoms with van der Waals surface area (Å²) < 4.78 is 0. The van der Waals surface area contributed by atoms with E-state index >= 15 is 0 Å². The Bertz CT molecular complexity index is 592. The number of hydrogen-bond acceptors (Lipinski definition) is 3. The summed E-state index contributed by atoms with van der Waals surface area (Å²) in [5, 5.41) is 19.4. The Balaban J connectivity index is 2.10. The van der Waals surface area contributed by atoms with Gasteiger partial charge in [-0.3, -0.25) is 4.79 Å². The average molecular weight is 326 g/mol. The zero-order valence-electron chi connectivity index (χ0n) is 12.7. The van der Waals surface area contributed by atoms with Gasteiger partial charge in [0.2, 0.25) is 0 Å². The molecule has 0 radical (unpaired) electrons. The normalized spacial score (nSPS) is 17.6. The average Bonchev–Trinajstić information content (AvgIpc) is 2.46. The SMILES string of the molecule is CC(C)c1ccc(C(=O)N2CCC(O)(C(=O)O)CC2)cc1Cl. The van der Waals surface area contributed by atoms with Crippen molar-refractivity contribution in [3.8, 4) is 0 Å². The highest BCUT2D eigenvalue weighted by atomic mass is 35.5. The number of benzene rings is 1. The highest BCUT2D eigenvalue weighted by molar-refractivity contribution is 6.31. The van der Waals surface area contributed by atoms with Crippen LogP contribution in [0.3, 0.4) is 0 Å². The van der Waals surface area contributed by atoms with Crippen LogP contribution in [-0.2, 0) is 4.79 Å². The number of carboxylic acid groups (broad SMARTS) is 1. The smallest absolute Gasteiger partial charge is 0.335 e. The molecule has 0 saturated carbocycles. The number of carbonyl (C=O) groups excluding carboxylic acids is 1. The van der Waals surface area contributed by atoms with Crippen LogP contribution >= 0.6 is 11.6 Å². The van der Waals surface area contributed by atoms with Gasteiger partial charge in [0.15, 0.2) is 5.60 Å². The number of nitrogens with zero attached hydrogens (tertiary/aromatic N) is 1. The molecule has 1 amide bonds. The van der Waals surface area contributed by atoms with Gasteiger partial charge in [-0.15, -0.1) is 0 Å². The van der Waals surface area contributed by atoms with E-state index < -0.39 is 11.6 Å². The summed E-state index contributed by atoms with van der Waals surface area (Å²) >= 11 is 6.21. The molecule has 0 bridgehead atoms. The maximum atomic E-state index is 12.5. The molecule has 1 saturated heterocycles. The lowest BCUT2D eigenvalue weighted by Gasteiger charge is -2.35. The predicted molar refractivity (Wildman–Crippen MR) is 83.3 cm³/mol. The monoisotopic (exact) mass is 325 g/mol. The van der Waals surface area contributed by atoms with Crippen LogP contribution in [0, 0.1) is 0 Å². The molecule has 0 atom stereocenters. The summed E-state index contributed by atoms with van der Waals surface area (Å²) in [6, 6.07) is 5.23. The Morgan fingerprint density at radius 2 is 1.86 bits per heavy atom. The van der Waals surface area contributed by atoms with Crippen molar-refractivity contribution in [1.82, 2.24) is 4.90 Å². The van der Waals surface area contributed by atoms with E-state index in [1.807, 2.05) is 19.9 Å². The zero-order chi connectivity index (χ0) is 16.5. The molecule has 0 aromatic heterocycles. The van der Waals surface area contributed by atoms with Crippen LogP contribution in [0.25, 0.3) is 0 Å². The maximum absolute atomic E-state index is 12.5. The Kier molecular flexibility index (Phi) is 4.78. The van der Waals surface area contributed by atoms with E-state index in [1.165, 1.54) is 0 Å². The lowest BCUT2D eigenvalue weighted by molar-refractivity contribution is -0.162. The summed E-state index contributed by atoms with van der Waals surface area (Å²) in [7, 11) is 0. The van der Waals surface area contributed by atoms with Gasteiger partial charge in [0.25, 0.3) is 5.91 Å². The van der Waals surface area contributed by atoms with Crippen LogP contribution < -0.4 is 0 Å². The van der Waals surface area contributed by atoms with Gasteiger partial charge in [0.1, 0.15) is 0 Å². The van der Waals surface area contributed by atoms with Crippen LogP contribution in [0.1, 0.15) is 48.5 Å². The molecule has 0 spiro atoms. The number of rotatable bonds is 3. The second-order valence-corrected chi connectivity index (χ2v) is 6.43. The van der Waals surface area contributed by atoms with Crippen molar-refractivity contribution in [3.63, 3.8) is 0 Å². The van der Waals surface area contributed by atoms with Crippen LogP contribution in [0.2, 0.25) is 5.02 Å². The maximum Gasteiger partial charge on any atom is 0.335 e. The Hall–Kier alpha value is -1.59. The molecule has 0 unspecified atom stereocenters. The summed E-state index contributed by atoms with van der Waals surface area (Å²) in [5.74, 6) is -1.15. The zero-order valence-corrected chi connectivity index (χ0v) is 13.4. The highest BCUT2D eigenvalue weighted by Crippen LogP contribution is 2.27. The van der Waals surface area contributed by atoms with Crippen molar-refractivity contribution in [2.45, 2.75) is 38.2 Å². The molecule has 1 heterocycles. The lowest BCUT2D eigenvalue weighted by Crippen LogP contribution is -2.50. The second kappa shape index (κ2) is 6.26. The molecule has 2 N–H and O–H groups in total. The van der Waals surface area contributed by atoms with Crippen molar-refractivity contribution in [1.29, 1.82) is 0 Å². The van der Waals surface area contributed by atoms with E-state index in [0.29, 0.717) is 10.6 Å². The number of halogens is 1. The fraction of sp³-hybridized carbons (Fsp3) is 0.500. The molecule has 0 aliphatic carbocycles. The number of aliphatic hydroxyl groups is 1. The molecule has 5 nitrogen and oxygen atoms in total. The van der Waals surface area contributed by atoms with Crippen LogP contribution in [0.5, 0.6) is 0 Å². The van der Waals surface area contributed by atoms with Gasteiger partial charge < -0.3 is 15.1 Å². The molecule has 1 fully saturated rings. The molecule has 1 aliphatic rings. The lowest BCUT2D eigenvalue weighted by atomic mass is 9.91. The third-order valence-electron chi connectivity index (χ3n) is 4.15. The topological polar surface area (TPSA) is 77.8 Å². The molecular weight excluding hydrogens is 306 g/mol. The van der Waals surface area contributed by atoms with Crippen LogP contribution in [0.4, 0.5) is 0 Å². The van der Waals surface area contributed by atoms with Gasteiger partial charge in [-0.1, -0.05) is 31.5 Å². The number of hydrogen-bond donors (Lipinski definition) is 2. The van der Waals surface area contributed by atoms with Crippen LogP contribution in [-0.4, -0.2) is 45.7 Å². The number of carboxylic acids is 1. The first-order valence-corrected chi connectivity index (χ1v) is 7.67. The van der Waals surface area contributed by atoms with E-state index in [2.05, 4.69) is 0 Å². The quantitative estimate of drug-likeness (QED) is 0.895. The van der Waals surface area contributed by atoms with Crippen molar-refractivity contribution in [3.05, 3.63) is 34.3 Å². The van der Waals surface area contributed by atoms with Gasteiger partial charge in [-0.25, -0.2) is 4.79 Å². The van der Waals surface area contributed by atoms with Crippen molar-refractivity contribution in [2.24, 2.45) is 0 Å².